The molecule has 1 N–H and O–H groups in total. The van der Waals surface area contributed by atoms with Crippen molar-refractivity contribution in [1.29, 1.82) is 0 Å². The van der Waals surface area contributed by atoms with Gasteiger partial charge in [-0.3, -0.25) is 4.98 Å². The number of para-hydroxylation sites is 1. The summed E-state index contributed by atoms with van der Waals surface area (Å²) in [6.07, 6.45) is 3.61. The number of nitrogens with one attached hydrogen (secondary N) is 1. The summed E-state index contributed by atoms with van der Waals surface area (Å²) in [7, 11) is 2.07. The van der Waals surface area contributed by atoms with Crippen LogP contribution in [0, 0.1) is 6.92 Å². The minimum absolute atomic E-state index is 0.754. The van der Waals surface area contributed by atoms with Gasteiger partial charge in [-0.05, 0) is 25.5 Å². The van der Waals surface area contributed by atoms with Crippen LogP contribution >= 0.6 is 0 Å². The zero-order valence-electron chi connectivity index (χ0n) is 11.7. The summed E-state index contributed by atoms with van der Waals surface area (Å²) >= 11 is 0. The first-order chi connectivity index (χ1) is 9.20. The van der Waals surface area contributed by atoms with Crippen LogP contribution in [0.2, 0.25) is 0 Å². The van der Waals surface area contributed by atoms with Gasteiger partial charge in [0.25, 0.3) is 0 Å². The number of aryl methyl sites for hydroxylation is 1. The Hall–Kier alpha value is -2.10. The number of anilines is 2. The summed E-state index contributed by atoms with van der Waals surface area (Å²) in [5.74, 6) is 0.824. The van der Waals surface area contributed by atoms with Crippen molar-refractivity contribution in [3.63, 3.8) is 0 Å². The van der Waals surface area contributed by atoms with Crippen LogP contribution in [-0.4, -0.2) is 23.6 Å². The highest BCUT2D eigenvalue weighted by Gasteiger charge is 2.05. The van der Waals surface area contributed by atoms with E-state index >= 15 is 0 Å². The third-order valence-corrected chi connectivity index (χ3v) is 2.99. The highest BCUT2D eigenvalue weighted by Crippen LogP contribution is 2.19. The maximum atomic E-state index is 4.43. The van der Waals surface area contributed by atoms with Crippen LogP contribution in [0.4, 0.5) is 11.5 Å². The highest BCUT2D eigenvalue weighted by molar-refractivity contribution is 5.52. The Bertz CT molecular complexity index is 522. The lowest BCUT2D eigenvalue weighted by Gasteiger charge is -2.20. The number of hydrogen-bond acceptors (Lipinski definition) is 4. The minimum atomic E-state index is 0.754. The van der Waals surface area contributed by atoms with E-state index < -0.39 is 0 Å². The van der Waals surface area contributed by atoms with Crippen LogP contribution in [0.3, 0.4) is 0 Å². The molecule has 0 atom stereocenters. The third-order valence-electron chi connectivity index (χ3n) is 2.99. The molecule has 4 heteroatoms. The second-order valence-electron chi connectivity index (χ2n) is 4.57. The van der Waals surface area contributed by atoms with Crippen molar-refractivity contribution >= 4 is 11.5 Å². The van der Waals surface area contributed by atoms with E-state index in [0.29, 0.717) is 0 Å². The molecule has 0 unspecified atom stereocenters. The van der Waals surface area contributed by atoms with Crippen molar-refractivity contribution in [2.24, 2.45) is 0 Å². The molecular formula is C15H20N4. The summed E-state index contributed by atoms with van der Waals surface area (Å²) in [6, 6.07) is 8.35. The van der Waals surface area contributed by atoms with E-state index in [1.165, 1.54) is 11.3 Å². The number of nitrogens with zero attached hydrogens (tertiary/aromatic N) is 3. The van der Waals surface area contributed by atoms with Crippen molar-refractivity contribution in [3.8, 4) is 0 Å². The van der Waals surface area contributed by atoms with Gasteiger partial charge in [-0.25, -0.2) is 4.98 Å². The quantitative estimate of drug-likeness (QED) is 0.893. The summed E-state index contributed by atoms with van der Waals surface area (Å²) in [5.41, 5.74) is 3.45. The summed E-state index contributed by atoms with van der Waals surface area (Å²) < 4.78 is 0. The maximum absolute atomic E-state index is 4.43. The van der Waals surface area contributed by atoms with Crippen LogP contribution in [0.25, 0.3) is 0 Å². The van der Waals surface area contributed by atoms with Gasteiger partial charge in [0.15, 0.2) is 0 Å². The van der Waals surface area contributed by atoms with E-state index in [-0.39, 0.29) is 0 Å². The zero-order valence-corrected chi connectivity index (χ0v) is 11.7. The topological polar surface area (TPSA) is 41.1 Å². The van der Waals surface area contributed by atoms with E-state index in [2.05, 4.69) is 58.4 Å². The largest absolute Gasteiger partial charge is 0.369 e. The van der Waals surface area contributed by atoms with Gasteiger partial charge in [-0.15, -0.1) is 0 Å². The number of hydrogen-bond donors (Lipinski definition) is 1. The smallest absolute Gasteiger partial charge is 0.144 e. The summed E-state index contributed by atoms with van der Waals surface area (Å²) in [5, 5.41) is 3.14. The predicted octanol–water partition coefficient (Wildman–Crippen LogP) is 2.85. The lowest BCUT2D eigenvalue weighted by Crippen LogP contribution is -2.18. The lowest BCUT2D eigenvalue weighted by atomic mass is 10.2. The maximum Gasteiger partial charge on any atom is 0.144 e. The van der Waals surface area contributed by atoms with Gasteiger partial charge in [0, 0.05) is 19.3 Å². The molecule has 0 saturated carbocycles. The van der Waals surface area contributed by atoms with Crippen LogP contribution in [-0.2, 0) is 6.54 Å². The fraction of sp³-hybridized carbons (Fsp3) is 0.333. The van der Waals surface area contributed by atoms with E-state index in [9.17, 15) is 0 Å². The minimum Gasteiger partial charge on any atom is -0.369 e. The normalized spacial score (nSPS) is 10.3. The Morgan fingerprint density at radius 3 is 2.58 bits per heavy atom. The zero-order chi connectivity index (χ0) is 13.7. The van der Waals surface area contributed by atoms with Crippen LogP contribution < -0.4 is 10.2 Å². The van der Waals surface area contributed by atoms with E-state index in [0.717, 1.165) is 24.6 Å². The van der Waals surface area contributed by atoms with Crippen molar-refractivity contribution in [3.05, 3.63) is 47.9 Å². The summed E-state index contributed by atoms with van der Waals surface area (Å²) in [4.78, 5) is 10.9. The molecular weight excluding hydrogens is 236 g/mol. The van der Waals surface area contributed by atoms with Gasteiger partial charge in [0.1, 0.15) is 5.82 Å². The average Bonchev–Trinajstić information content (AvgIpc) is 2.42. The molecule has 0 saturated heterocycles. The molecule has 100 valence electrons. The molecule has 4 nitrogen and oxygen atoms in total. The molecule has 2 rings (SSSR count). The van der Waals surface area contributed by atoms with Crippen molar-refractivity contribution in [1.82, 2.24) is 9.97 Å². The van der Waals surface area contributed by atoms with E-state index in [1.54, 1.807) is 6.20 Å². The fourth-order valence-corrected chi connectivity index (χ4v) is 2.03. The van der Waals surface area contributed by atoms with Gasteiger partial charge >= 0.3 is 0 Å². The lowest BCUT2D eigenvalue weighted by molar-refractivity contribution is 0.869. The molecule has 0 aliphatic rings. The Morgan fingerprint density at radius 2 is 1.95 bits per heavy atom. The Balaban J connectivity index is 2.06. The predicted molar refractivity (Wildman–Crippen MR) is 79.5 cm³/mol. The molecule has 0 fully saturated rings. The van der Waals surface area contributed by atoms with Crippen molar-refractivity contribution < 1.29 is 0 Å². The third kappa shape index (κ3) is 3.44. The molecule has 2 aromatic rings. The van der Waals surface area contributed by atoms with Gasteiger partial charge in [0.05, 0.1) is 24.6 Å². The SMILES string of the molecule is CCNc1cnc(CN(C)c2ccccc2C)cn1. The van der Waals surface area contributed by atoms with Crippen LogP contribution in [0.15, 0.2) is 36.7 Å². The number of aromatic nitrogens is 2. The molecule has 0 spiro atoms. The Kier molecular flexibility index (Phi) is 4.34. The molecule has 0 aliphatic heterocycles. The standard InChI is InChI=1S/C15H20N4/c1-4-16-15-10-17-13(9-18-15)11-19(3)14-8-6-5-7-12(14)2/h5-10H,4,11H2,1-3H3,(H,16,18). The molecule has 19 heavy (non-hydrogen) atoms. The van der Waals surface area contributed by atoms with Gasteiger partial charge in [-0.1, -0.05) is 18.2 Å². The van der Waals surface area contributed by atoms with Crippen molar-refractivity contribution in [2.75, 3.05) is 23.8 Å². The Labute approximate surface area is 114 Å². The van der Waals surface area contributed by atoms with E-state index in [1.807, 2.05) is 13.1 Å². The van der Waals surface area contributed by atoms with Gasteiger partial charge in [0.2, 0.25) is 0 Å². The molecule has 1 aromatic carbocycles. The number of benzene rings is 1. The first-order valence-electron chi connectivity index (χ1n) is 6.52. The molecule has 0 bridgehead atoms. The first kappa shape index (κ1) is 13.3. The van der Waals surface area contributed by atoms with E-state index in [4.69, 9.17) is 0 Å². The number of rotatable bonds is 5. The van der Waals surface area contributed by atoms with Crippen molar-refractivity contribution in [2.45, 2.75) is 20.4 Å². The van der Waals surface area contributed by atoms with Crippen LogP contribution in [0.1, 0.15) is 18.2 Å². The monoisotopic (exact) mass is 256 g/mol. The van der Waals surface area contributed by atoms with Gasteiger partial charge in [-0.2, -0.15) is 0 Å². The fourth-order valence-electron chi connectivity index (χ4n) is 2.03. The Morgan fingerprint density at radius 1 is 1.16 bits per heavy atom. The molecule has 0 radical (unpaired) electrons. The second kappa shape index (κ2) is 6.18. The second-order valence-corrected chi connectivity index (χ2v) is 4.57. The first-order valence-corrected chi connectivity index (χ1v) is 6.52. The highest BCUT2D eigenvalue weighted by atomic mass is 15.1. The van der Waals surface area contributed by atoms with Crippen LogP contribution in [0.5, 0.6) is 0 Å². The summed E-state index contributed by atoms with van der Waals surface area (Å²) in [6.45, 7) is 5.77. The molecule has 1 heterocycles. The van der Waals surface area contributed by atoms with Gasteiger partial charge < -0.3 is 10.2 Å². The molecule has 1 aromatic heterocycles. The molecule has 0 amide bonds. The molecule has 0 aliphatic carbocycles. The average molecular weight is 256 g/mol.